The number of carbonyl (C=O) groups excluding carboxylic acids is 2. The summed E-state index contributed by atoms with van der Waals surface area (Å²) in [5, 5.41) is 2.78. The summed E-state index contributed by atoms with van der Waals surface area (Å²) in [6, 6.07) is 2.04. The van der Waals surface area contributed by atoms with E-state index in [2.05, 4.69) is 12.2 Å². The summed E-state index contributed by atoms with van der Waals surface area (Å²) in [7, 11) is 0. The van der Waals surface area contributed by atoms with Gasteiger partial charge < -0.3 is 10.1 Å². The third kappa shape index (κ3) is 4.30. The molecule has 2 atom stereocenters. The monoisotopic (exact) mass is 309 g/mol. The minimum Gasteiger partial charge on any atom is -0.451 e. The van der Waals surface area contributed by atoms with Crippen molar-refractivity contribution in [2.75, 3.05) is 6.61 Å². The van der Waals surface area contributed by atoms with E-state index in [4.69, 9.17) is 4.74 Å². The minimum absolute atomic E-state index is 0.103. The highest BCUT2D eigenvalue weighted by atomic mass is 32.1. The van der Waals surface area contributed by atoms with Crippen molar-refractivity contribution >= 4 is 23.2 Å². The summed E-state index contributed by atoms with van der Waals surface area (Å²) < 4.78 is 5.10. The molecule has 1 aliphatic rings. The van der Waals surface area contributed by atoms with Gasteiger partial charge in [-0.15, -0.1) is 11.3 Å². The lowest BCUT2D eigenvalue weighted by Crippen LogP contribution is -2.35. The van der Waals surface area contributed by atoms with Crippen LogP contribution >= 0.6 is 11.3 Å². The number of fused-ring (bicyclic) bond motifs is 1. The second kappa shape index (κ2) is 7.07. The second-order valence-corrected chi connectivity index (χ2v) is 7.00. The van der Waals surface area contributed by atoms with Crippen molar-refractivity contribution in [2.45, 2.75) is 52.5 Å². The molecule has 4 nitrogen and oxygen atoms in total. The molecule has 0 saturated heterocycles. The third-order valence-electron chi connectivity index (χ3n) is 3.88. The first-order chi connectivity index (χ1) is 9.99. The van der Waals surface area contributed by atoms with Crippen molar-refractivity contribution in [3.8, 4) is 0 Å². The van der Waals surface area contributed by atoms with Crippen molar-refractivity contribution in [2.24, 2.45) is 5.92 Å². The zero-order valence-corrected chi connectivity index (χ0v) is 13.7. The quantitative estimate of drug-likeness (QED) is 0.851. The van der Waals surface area contributed by atoms with Gasteiger partial charge in [0.15, 0.2) is 6.61 Å². The fourth-order valence-corrected chi connectivity index (χ4v) is 3.53. The maximum absolute atomic E-state index is 12.0. The molecular formula is C16H23NO3S. The number of amides is 1. The maximum atomic E-state index is 12.0. The molecule has 1 aromatic rings. The number of nitrogens with one attached hydrogen (secondary N) is 1. The fraction of sp³-hybridized carbons (Fsp3) is 0.625. The lowest BCUT2D eigenvalue weighted by atomic mass is 9.90. The Balaban J connectivity index is 1.88. The van der Waals surface area contributed by atoms with E-state index in [-0.39, 0.29) is 24.5 Å². The number of thiophene rings is 1. The van der Waals surface area contributed by atoms with Gasteiger partial charge in [0.05, 0.1) is 0 Å². The van der Waals surface area contributed by atoms with Gasteiger partial charge in [0.1, 0.15) is 4.88 Å². The Hall–Kier alpha value is -1.36. The molecule has 5 heteroatoms. The highest BCUT2D eigenvalue weighted by Gasteiger charge is 2.21. The van der Waals surface area contributed by atoms with Crippen LogP contribution in [0.3, 0.4) is 0 Å². The summed E-state index contributed by atoms with van der Waals surface area (Å²) in [5.41, 5.74) is 1.27. The maximum Gasteiger partial charge on any atom is 0.348 e. The SMILES string of the molecule is CC[C@@H](C)NC(=O)COC(=O)c1cc2c(s1)CC[C@H](C)C2. The molecular weight excluding hydrogens is 286 g/mol. The first kappa shape index (κ1) is 16.0. The average Bonchev–Trinajstić information content (AvgIpc) is 2.87. The van der Waals surface area contributed by atoms with Gasteiger partial charge in [-0.1, -0.05) is 13.8 Å². The minimum atomic E-state index is -0.388. The number of hydrogen-bond acceptors (Lipinski definition) is 4. The summed E-state index contributed by atoms with van der Waals surface area (Å²) in [4.78, 5) is 25.5. The van der Waals surface area contributed by atoms with Crippen molar-refractivity contribution in [3.63, 3.8) is 0 Å². The molecule has 0 aliphatic heterocycles. The standard InChI is InChI=1S/C16H23NO3S/c1-4-11(3)17-15(18)9-20-16(19)14-8-12-7-10(2)5-6-13(12)21-14/h8,10-11H,4-7,9H2,1-3H3,(H,17,18)/t10-,11+/m0/s1. The van der Waals surface area contributed by atoms with Crippen LogP contribution in [0.15, 0.2) is 6.07 Å². The van der Waals surface area contributed by atoms with Crippen LogP contribution in [0.4, 0.5) is 0 Å². The van der Waals surface area contributed by atoms with Crippen molar-refractivity contribution in [1.29, 1.82) is 0 Å². The predicted molar refractivity (Wildman–Crippen MR) is 83.7 cm³/mol. The molecule has 1 amide bonds. The van der Waals surface area contributed by atoms with Gasteiger partial charge in [0, 0.05) is 10.9 Å². The highest BCUT2D eigenvalue weighted by molar-refractivity contribution is 7.14. The van der Waals surface area contributed by atoms with E-state index in [0.29, 0.717) is 10.8 Å². The Bertz CT molecular complexity index is 524. The number of esters is 1. The summed E-state index contributed by atoms with van der Waals surface area (Å²) >= 11 is 1.51. The zero-order chi connectivity index (χ0) is 15.4. The van der Waals surface area contributed by atoms with Crippen molar-refractivity contribution in [3.05, 3.63) is 21.4 Å². The van der Waals surface area contributed by atoms with Gasteiger partial charge in [-0.05, 0) is 50.2 Å². The Morgan fingerprint density at radius 1 is 1.52 bits per heavy atom. The van der Waals surface area contributed by atoms with E-state index >= 15 is 0 Å². The van der Waals surface area contributed by atoms with Gasteiger partial charge in [-0.3, -0.25) is 4.79 Å². The Morgan fingerprint density at radius 3 is 3.00 bits per heavy atom. The molecule has 0 saturated carbocycles. The van der Waals surface area contributed by atoms with Crippen molar-refractivity contribution < 1.29 is 14.3 Å². The molecule has 0 unspecified atom stereocenters. The van der Waals surface area contributed by atoms with Crippen LogP contribution in [-0.2, 0) is 22.4 Å². The van der Waals surface area contributed by atoms with E-state index in [9.17, 15) is 9.59 Å². The van der Waals surface area contributed by atoms with Gasteiger partial charge in [-0.25, -0.2) is 4.79 Å². The van der Waals surface area contributed by atoms with Gasteiger partial charge in [-0.2, -0.15) is 0 Å². The zero-order valence-electron chi connectivity index (χ0n) is 12.9. The Kier molecular flexibility index (Phi) is 5.39. The molecule has 0 fully saturated rings. The van der Waals surface area contributed by atoms with Crippen LogP contribution in [-0.4, -0.2) is 24.5 Å². The van der Waals surface area contributed by atoms with Gasteiger partial charge in [0.25, 0.3) is 5.91 Å². The van der Waals surface area contributed by atoms with Crippen molar-refractivity contribution in [1.82, 2.24) is 5.32 Å². The van der Waals surface area contributed by atoms with E-state index in [1.807, 2.05) is 19.9 Å². The summed E-state index contributed by atoms with van der Waals surface area (Å²) in [5.74, 6) is 0.0475. The molecule has 1 N–H and O–H groups in total. The molecule has 0 aromatic carbocycles. The topological polar surface area (TPSA) is 55.4 Å². The molecule has 116 valence electrons. The lowest BCUT2D eigenvalue weighted by Gasteiger charge is -2.16. The van der Waals surface area contributed by atoms with Crippen LogP contribution < -0.4 is 5.32 Å². The van der Waals surface area contributed by atoms with E-state index < -0.39 is 0 Å². The van der Waals surface area contributed by atoms with Crippen LogP contribution in [0.2, 0.25) is 0 Å². The Morgan fingerprint density at radius 2 is 2.29 bits per heavy atom. The predicted octanol–water partition coefficient (Wildman–Crippen LogP) is 2.94. The van der Waals surface area contributed by atoms with Gasteiger partial charge in [0.2, 0.25) is 0 Å². The third-order valence-corrected chi connectivity index (χ3v) is 5.10. The first-order valence-corrected chi connectivity index (χ1v) is 8.39. The average molecular weight is 309 g/mol. The fourth-order valence-electron chi connectivity index (χ4n) is 2.43. The lowest BCUT2D eigenvalue weighted by molar-refractivity contribution is -0.124. The summed E-state index contributed by atoms with van der Waals surface area (Å²) in [6.07, 6.45) is 4.12. The Labute approximate surface area is 129 Å². The molecule has 0 spiro atoms. The molecule has 2 rings (SSSR count). The molecule has 0 radical (unpaired) electrons. The van der Waals surface area contributed by atoms with Crippen LogP contribution in [0.1, 0.15) is 53.7 Å². The molecule has 21 heavy (non-hydrogen) atoms. The summed E-state index contributed by atoms with van der Waals surface area (Å²) in [6.45, 7) is 5.95. The van der Waals surface area contributed by atoms with E-state index in [1.54, 1.807) is 0 Å². The molecule has 1 aliphatic carbocycles. The van der Waals surface area contributed by atoms with Crippen LogP contribution in [0.5, 0.6) is 0 Å². The smallest absolute Gasteiger partial charge is 0.348 e. The number of hydrogen-bond donors (Lipinski definition) is 1. The van der Waals surface area contributed by atoms with Crippen LogP contribution in [0, 0.1) is 5.92 Å². The second-order valence-electron chi connectivity index (χ2n) is 5.86. The normalized spacial score (nSPS) is 18.7. The number of carbonyl (C=O) groups is 2. The molecule has 0 bridgehead atoms. The largest absolute Gasteiger partial charge is 0.451 e. The van der Waals surface area contributed by atoms with Crippen LogP contribution in [0.25, 0.3) is 0 Å². The van der Waals surface area contributed by atoms with Gasteiger partial charge >= 0.3 is 5.97 Å². The van der Waals surface area contributed by atoms with E-state index in [0.717, 1.165) is 19.3 Å². The molecule has 1 heterocycles. The molecule has 1 aromatic heterocycles. The number of ether oxygens (including phenoxy) is 1. The number of aryl methyl sites for hydroxylation is 1. The number of rotatable bonds is 5. The highest BCUT2D eigenvalue weighted by Crippen LogP contribution is 2.32. The first-order valence-electron chi connectivity index (χ1n) is 7.57. The van der Waals surface area contributed by atoms with E-state index in [1.165, 1.54) is 28.2 Å².